The molecule has 0 aliphatic carbocycles. The number of fused-ring (bicyclic) bond motifs is 1. The molecule has 0 bridgehead atoms. The van der Waals surface area contributed by atoms with E-state index in [9.17, 15) is 4.79 Å². The lowest BCUT2D eigenvalue weighted by molar-refractivity contribution is 0.480. The van der Waals surface area contributed by atoms with Gasteiger partial charge in [0.05, 0.1) is 11.9 Å². The molecule has 2 aromatic heterocycles. The van der Waals surface area contributed by atoms with Crippen LogP contribution in [0.5, 0.6) is 0 Å². The summed E-state index contributed by atoms with van der Waals surface area (Å²) in [5, 5.41) is 9.75. The van der Waals surface area contributed by atoms with Gasteiger partial charge in [-0.25, -0.2) is 15.1 Å². The molecular formula is C16H19ClN6O. The largest absolute Gasteiger partial charge is 0.369 e. The molecule has 126 valence electrons. The summed E-state index contributed by atoms with van der Waals surface area (Å²) in [6, 6.07) is 0. The molecule has 0 aromatic carbocycles. The summed E-state index contributed by atoms with van der Waals surface area (Å²) >= 11 is 6.10. The lowest BCUT2D eigenvalue weighted by Crippen LogP contribution is -2.35. The fourth-order valence-corrected chi connectivity index (χ4v) is 3.63. The number of halogens is 1. The van der Waals surface area contributed by atoms with Crippen molar-refractivity contribution < 1.29 is 0 Å². The Morgan fingerprint density at radius 2 is 2.08 bits per heavy atom. The summed E-state index contributed by atoms with van der Waals surface area (Å²) in [4.78, 5) is 23.1. The minimum absolute atomic E-state index is 0.209. The van der Waals surface area contributed by atoms with Gasteiger partial charge in [-0.2, -0.15) is 5.10 Å². The Kier molecular flexibility index (Phi) is 4.20. The molecule has 7 nitrogen and oxygen atoms in total. The molecule has 2 aromatic rings. The lowest BCUT2D eigenvalue weighted by atomic mass is 9.95. The van der Waals surface area contributed by atoms with Crippen LogP contribution in [0.4, 0.5) is 5.69 Å². The molecule has 0 spiro atoms. The number of hydrogen-bond acceptors (Lipinski definition) is 6. The molecule has 4 heterocycles. The average molecular weight is 347 g/mol. The van der Waals surface area contributed by atoms with Gasteiger partial charge in [0.2, 0.25) is 0 Å². The third-order valence-electron chi connectivity index (χ3n) is 4.80. The zero-order chi connectivity index (χ0) is 16.5. The molecule has 0 atom stereocenters. The van der Waals surface area contributed by atoms with Crippen LogP contribution >= 0.6 is 11.6 Å². The van der Waals surface area contributed by atoms with Gasteiger partial charge < -0.3 is 10.2 Å². The summed E-state index contributed by atoms with van der Waals surface area (Å²) in [6.45, 7) is 3.48. The standard InChI is InChI=1S/C16H19ClN6O/c17-14-13(9-20-22-16(14)24)23-5-2-10(3-6-23)15-19-8-11-7-18-4-1-12(11)21-15/h8-10,18H,1-7H2,(H,22,24). The van der Waals surface area contributed by atoms with Crippen LogP contribution in [0.3, 0.4) is 0 Å². The van der Waals surface area contributed by atoms with Gasteiger partial charge in [0.1, 0.15) is 10.8 Å². The Labute approximate surface area is 144 Å². The molecule has 2 aliphatic heterocycles. The van der Waals surface area contributed by atoms with Gasteiger partial charge in [0, 0.05) is 56.0 Å². The Hall–Kier alpha value is -1.99. The Morgan fingerprint density at radius 1 is 1.25 bits per heavy atom. The molecule has 24 heavy (non-hydrogen) atoms. The Bertz CT molecular complexity index is 799. The van der Waals surface area contributed by atoms with Crippen LogP contribution in [-0.2, 0) is 13.0 Å². The van der Waals surface area contributed by atoms with Crippen molar-refractivity contribution in [2.75, 3.05) is 24.5 Å². The first-order valence-electron chi connectivity index (χ1n) is 8.26. The van der Waals surface area contributed by atoms with Gasteiger partial charge in [-0.3, -0.25) is 4.79 Å². The van der Waals surface area contributed by atoms with Crippen LogP contribution in [0.15, 0.2) is 17.2 Å². The van der Waals surface area contributed by atoms with Crippen LogP contribution in [0, 0.1) is 0 Å². The van der Waals surface area contributed by atoms with Crippen LogP contribution in [-0.4, -0.2) is 39.8 Å². The predicted octanol–water partition coefficient (Wildman–Crippen LogP) is 1.24. The smallest absolute Gasteiger partial charge is 0.285 e. The first kappa shape index (κ1) is 15.5. The summed E-state index contributed by atoms with van der Waals surface area (Å²) in [7, 11) is 0. The maximum atomic E-state index is 11.6. The first-order chi connectivity index (χ1) is 11.7. The zero-order valence-electron chi connectivity index (χ0n) is 13.3. The van der Waals surface area contributed by atoms with E-state index in [-0.39, 0.29) is 10.6 Å². The quantitative estimate of drug-likeness (QED) is 0.851. The van der Waals surface area contributed by atoms with Gasteiger partial charge in [0.15, 0.2) is 0 Å². The molecule has 0 unspecified atom stereocenters. The predicted molar refractivity (Wildman–Crippen MR) is 91.5 cm³/mol. The number of rotatable bonds is 2. The second kappa shape index (κ2) is 6.49. The molecule has 8 heteroatoms. The Balaban J connectivity index is 1.48. The SMILES string of the molecule is O=c1[nH]ncc(N2CCC(c3ncc4c(n3)CCNC4)CC2)c1Cl. The number of aromatic amines is 1. The van der Waals surface area contributed by atoms with Gasteiger partial charge in [0.25, 0.3) is 5.56 Å². The fourth-order valence-electron chi connectivity index (χ4n) is 3.42. The molecule has 0 radical (unpaired) electrons. The van der Waals surface area contributed by atoms with E-state index in [1.54, 1.807) is 6.20 Å². The van der Waals surface area contributed by atoms with Crippen molar-refractivity contribution >= 4 is 17.3 Å². The number of aromatic nitrogens is 4. The maximum Gasteiger partial charge on any atom is 0.285 e. The molecular weight excluding hydrogens is 328 g/mol. The fraction of sp³-hybridized carbons (Fsp3) is 0.500. The zero-order valence-corrected chi connectivity index (χ0v) is 14.0. The lowest BCUT2D eigenvalue weighted by Gasteiger charge is -2.33. The van der Waals surface area contributed by atoms with Crippen LogP contribution in [0.25, 0.3) is 0 Å². The number of hydrogen-bond donors (Lipinski definition) is 2. The highest BCUT2D eigenvalue weighted by molar-refractivity contribution is 6.32. The van der Waals surface area contributed by atoms with Crippen molar-refractivity contribution in [3.8, 4) is 0 Å². The second-order valence-corrected chi connectivity index (χ2v) is 6.66. The van der Waals surface area contributed by atoms with E-state index in [0.29, 0.717) is 11.6 Å². The average Bonchev–Trinajstić information content (AvgIpc) is 2.64. The molecule has 4 rings (SSSR count). The minimum Gasteiger partial charge on any atom is -0.369 e. The van der Waals surface area contributed by atoms with E-state index in [0.717, 1.165) is 51.3 Å². The summed E-state index contributed by atoms with van der Waals surface area (Å²) < 4.78 is 0. The van der Waals surface area contributed by atoms with Gasteiger partial charge in [-0.1, -0.05) is 11.6 Å². The molecule has 2 N–H and O–H groups in total. The van der Waals surface area contributed by atoms with Crippen molar-refractivity contribution in [3.05, 3.63) is 44.9 Å². The number of nitrogens with one attached hydrogen (secondary N) is 2. The Morgan fingerprint density at radius 3 is 2.92 bits per heavy atom. The van der Waals surface area contributed by atoms with Gasteiger partial charge in [-0.15, -0.1) is 0 Å². The molecule has 1 saturated heterocycles. The topological polar surface area (TPSA) is 86.8 Å². The molecule has 1 fully saturated rings. The number of H-pyrrole nitrogens is 1. The van der Waals surface area contributed by atoms with E-state index < -0.39 is 0 Å². The normalized spacial score (nSPS) is 18.5. The molecule has 0 saturated carbocycles. The second-order valence-electron chi connectivity index (χ2n) is 6.29. The van der Waals surface area contributed by atoms with Crippen molar-refractivity contribution in [3.63, 3.8) is 0 Å². The van der Waals surface area contributed by atoms with Crippen LogP contribution in [0.1, 0.15) is 35.8 Å². The summed E-state index contributed by atoms with van der Waals surface area (Å²) in [5.41, 5.74) is 2.76. The maximum absolute atomic E-state index is 11.6. The minimum atomic E-state index is -0.345. The van der Waals surface area contributed by atoms with E-state index in [1.807, 2.05) is 6.20 Å². The van der Waals surface area contributed by atoms with E-state index in [2.05, 4.69) is 25.4 Å². The highest BCUT2D eigenvalue weighted by Gasteiger charge is 2.25. The van der Waals surface area contributed by atoms with Crippen molar-refractivity contribution in [1.82, 2.24) is 25.5 Å². The third-order valence-corrected chi connectivity index (χ3v) is 5.17. The van der Waals surface area contributed by atoms with Crippen molar-refractivity contribution in [1.29, 1.82) is 0 Å². The van der Waals surface area contributed by atoms with Crippen molar-refractivity contribution in [2.24, 2.45) is 0 Å². The summed E-state index contributed by atoms with van der Waals surface area (Å²) in [5.74, 6) is 1.31. The van der Waals surface area contributed by atoms with Crippen LogP contribution in [0.2, 0.25) is 5.02 Å². The van der Waals surface area contributed by atoms with Gasteiger partial charge in [-0.05, 0) is 12.8 Å². The molecule has 2 aliphatic rings. The highest BCUT2D eigenvalue weighted by Crippen LogP contribution is 2.30. The third kappa shape index (κ3) is 2.89. The first-order valence-corrected chi connectivity index (χ1v) is 8.63. The monoisotopic (exact) mass is 346 g/mol. The molecule has 0 amide bonds. The highest BCUT2D eigenvalue weighted by atomic mass is 35.5. The number of anilines is 1. The van der Waals surface area contributed by atoms with E-state index in [4.69, 9.17) is 16.6 Å². The number of piperidine rings is 1. The van der Waals surface area contributed by atoms with Crippen LogP contribution < -0.4 is 15.8 Å². The van der Waals surface area contributed by atoms with Gasteiger partial charge >= 0.3 is 0 Å². The van der Waals surface area contributed by atoms with E-state index in [1.165, 1.54) is 11.3 Å². The van der Waals surface area contributed by atoms with Crippen molar-refractivity contribution in [2.45, 2.75) is 31.7 Å². The summed E-state index contributed by atoms with van der Waals surface area (Å²) in [6.07, 6.45) is 6.44. The number of nitrogens with zero attached hydrogens (tertiary/aromatic N) is 4. The van der Waals surface area contributed by atoms with E-state index >= 15 is 0 Å².